The number of benzene rings is 1. The van der Waals surface area contributed by atoms with Crippen LogP contribution in [-0.4, -0.2) is 27.3 Å². The number of hydrogen-bond acceptors (Lipinski definition) is 7. The molecule has 0 bridgehead atoms. The van der Waals surface area contributed by atoms with Crippen LogP contribution < -0.4 is 15.8 Å². The molecule has 6 nitrogen and oxygen atoms in total. The summed E-state index contributed by atoms with van der Waals surface area (Å²) in [5, 5.41) is 3.10. The molecule has 0 unspecified atom stereocenters. The van der Waals surface area contributed by atoms with Gasteiger partial charge in [-0.15, -0.1) is 11.8 Å². The van der Waals surface area contributed by atoms with Gasteiger partial charge in [0.05, 0.1) is 6.10 Å². The molecule has 106 valence electrons. The highest BCUT2D eigenvalue weighted by Crippen LogP contribution is 2.21. The number of nitrogens with two attached hydrogens (primary N) is 1. The minimum absolute atomic E-state index is 0.0236. The van der Waals surface area contributed by atoms with Crippen molar-refractivity contribution in [3.8, 4) is 6.01 Å². The highest BCUT2D eigenvalue weighted by atomic mass is 32.2. The van der Waals surface area contributed by atoms with Crippen molar-refractivity contribution in [2.24, 2.45) is 0 Å². The fourth-order valence-corrected chi connectivity index (χ4v) is 1.98. The van der Waals surface area contributed by atoms with Gasteiger partial charge in [-0.25, -0.2) is 0 Å². The van der Waals surface area contributed by atoms with Crippen molar-refractivity contribution in [3.63, 3.8) is 0 Å². The summed E-state index contributed by atoms with van der Waals surface area (Å²) in [5.41, 5.74) is 6.55. The van der Waals surface area contributed by atoms with Gasteiger partial charge in [0.2, 0.25) is 11.9 Å². The molecule has 0 amide bonds. The van der Waals surface area contributed by atoms with E-state index in [-0.39, 0.29) is 18.1 Å². The largest absolute Gasteiger partial charge is 0.461 e. The van der Waals surface area contributed by atoms with Crippen LogP contribution in [0, 0.1) is 0 Å². The van der Waals surface area contributed by atoms with E-state index in [2.05, 4.69) is 20.3 Å². The molecule has 0 fully saturated rings. The number of aromatic nitrogens is 3. The molecule has 2 rings (SSSR count). The molecule has 0 aliphatic heterocycles. The average molecular weight is 291 g/mol. The SMILES string of the molecule is CSc1cccc(Nc2nc(N)nc(OC(C)C)n2)c1. The Labute approximate surface area is 122 Å². The molecule has 0 saturated heterocycles. The first kappa shape index (κ1) is 14.4. The maximum atomic E-state index is 5.66. The van der Waals surface area contributed by atoms with E-state index in [1.165, 1.54) is 0 Å². The summed E-state index contributed by atoms with van der Waals surface area (Å²) in [5.74, 6) is 0.491. The number of anilines is 3. The van der Waals surface area contributed by atoms with Gasteiger partial charge in [-0.1, -0.05) is 6.07 Å². The number of nitrogens with one attached hydrogen (secondary N) is 1. The minimum atomic E-state index is -0.0236. The Balaban J connectivity index is 2.21. The second-order valence-electron chi connectivity index (χ2n) is 4.32. The van der Waals surface area contributed by atoms with E-state index in [1.54, 1.807) is 11.8 Å². The highest BCUT2D eigenvalue weighted by Gasteiger charge is 2.07. The van der Waals surface area contributed by atoms with Gasteiger partial charge in [0.25, 0.3) is 0 Å². The van der Waals surface area contributed by atoms with Crippen LogP contribution in [0.15, 0.2) is 29.2 Å². The maximum Gasteiger partial charge on any atom is 0.323 e. The molecule has 0 atom stereocenters. The van der Waals surface area contributed by atoms with E-state index in [1.807, 2.05) is 44.4 Å². The lowest BCUT2D eigenvalue weighted by atomic mass is 10.3. The molecular weight excluding hydrogens is 274 g/mol. The van der Waals surface area contributed by atoms with Crippen LogP contribution in [-0.2, 0) is 0 Å². The van der Waals surface area contributed by atoms with Gasteiger partial charge in [0, 0.05) is 10.6 Å². The van der Waals surface area contributed by atoms with Gasteiger partial charge in [-0.05, 0) is 38.3 Å². The normalized spacial score (nSPS) is 10.6. The van der Waals surface area contributed by atoms with Crippen LogP contribution in [0.5, 0.6) is 6.01 Å². The zero-order valence-corrected chi connectivity index (χ0v) is 12.4. The van der Waals surface area contributed by atoms with Crippen LogP contribution in [0.3, 0.4) is 0 Å². The Kier molecular flexibility index (Phi) is 4.62. The summed E-state index contributed by atoms with van der Waals surface area (Å²) in [4.78, 5) is 13.3. The molecule has 0 radical (unpaired) electrons. The molecule has 1 heterocycles. The number of hydrogen-bond donors (Lipinski definition) is 2. The van der Waals surface area contributed by atoms with Crippen LogP contribution in [0.2, 0.25) is 0 Å². The van der Waals surface area contributed by atoms with E-state index < -0.39 is 0 Å². The standard InChI is InChI=1S/C13H17N5OS/c1-8(2)19-13-17-11(14)16-12(18-13)15-9-5-4-6-10(7-9)20-3/h4-8H,1-3H3,(H3,14,15,16,17,18). The van der Waals surface area contributed by atoms with E-state index >= 15 is 0 Å². The van der Waals surface area contributed by atoms with Crippen molar-refractivity contribution in [2.45, 2.75) is 24.8 Å². The summed E-state index contributed by atoms with van der Waals surface area (Å²) < 4.78 is 5.43. The Bertz CT molecular complexity index is 591. The molecule has 0 aliphatic rings. The van der Waals surface area contributed by atoms with Crippen molar-refractivity contribution < 1.29 is 4.74 Å². The number of thioether (sulfide) groups is 1. The summed E-state index contributed by atoms with van der Waals surface area (Å²) in [6.07, 6.45) is 2.00. The predicted molar refractivity (Wildman–Crippen MR) is 81.5 cm³/mol. The van der Waals surface area contributed by atoms with Gasteiger partial charge >= 0.3 is 6.01 Å². The van der Waals surface area contributed by atoms with Crippen molar-refractivity contribution >= 4 is 29.3 Å². The topological polar surface area (TPSA) is 86.0 Å². The predicted octanol–water partition coefficient (Wildman–Crippen LogP) is 2.71. The summed E-state index contributed by atoms with van der Waals surface area (Å²) in [6, 6.07) is 8.15. The molecule has 0 saturated carbocycles. The van der Waals surface area contributed by atoms with Crippen LogP contribution >= 0.6 is 11.8 Å². The number of nitrogens with zero attached hydrogens (tertiary/aromatic N) is 3. The lowest BCUT2D eigenvalue weighted by molar-refractivity contribution is 0.222. The first-order chi connectivity index (χ1) is 9.56. The third-order valence-corrected chi connectivity index (χ3v) is 3.02. The zero-order chi connectivity index (χ0) is 14.5. The molecule has 20 heavy (non-hydrogen) atoms. The van der Waals surface area contributed by atoms with Gasteiger partial charge in [-0.3, -0.25) is 0 Å². The molecule has 0 spiro atoms. The van der Waals surface area contributed by atoms with Gasteiger partial charge in [0.1, 0.15) is 0 Å². The first-order valence-electron chi connectivity index (χ1n) is 6.16. The summed E-state index contributed by atoms with van der Waals surface area (Å²) in [6.45, 7) is 3.80. The van der Waals surface area contributed by atoms with Crippen LogP contribution in [0.1, 0.15) is 13.8 Å². The van der Waals surface area contributed by atoms with E-state index in [0.717, 1.165) is 10.6 Å². The van der Waals surface area contributed by atoms with E-state index in [0.29, 0.717) is 5.95 Å². The summed E-state index contributed by atoms with van der Waals surface area (Å²) in [7, 11) is 0. The second kappa shape index (κ2) is 6.42. The average Bonchev–Trinajstić information content (AvgIpc) is 2.37. The van der Waals surface area contributed by atoms with Gasteiger partial charge in [-0.2, -0.15) is 15.0 Å². The molecule has 3 N–H and O–H groups in total. The molecule has 1 aromatic heterocycles. The monoisotopic (exact) mass is 291 g/mol. The van der Waals surface area contributed by atoms with E-state index in [4.69, 9.17) is 10.5 Å². The number of ether oxygens (including phenoxy) is 1. The van der Waals surface area contributed by atoms with Crippen molar-refractivity contribution in [3.05, 3.63) is 24.3 Å². The molecular formula is C13H17N5OS. The maximum absolute atomic E-state index is 5.66. The first-order valence-corrected chi connectivity index (χ1v) is 7.38. The fraction of sp³-hybridized carbons (Fsp3) is 0.308. The fourth-order valence-electron chi connectivity index (χ4n) is 1.52. The minimum Gasteiger partial charge on any atom is -0.461 e. The summed E-state index contributed by atoms with van der Waals surface area (Å²) >= 11 is 1.67. The second-order valence-corrected chi connectivity index (χ2v) is 5.20. The molecule has 2 aromatic rings. The van der Waals surface area contributed by atoms with Crippen LogP contribution in [0.4, 0.5) is 17.6 Å². The molecule has 1 aromatic carbocycles. The Hall–Kier alpha value is -2.02. The van der Waals surface area contributed by atoms with Gasteiger partial charge < -0.3 is 15.8 Å². The van der Waals surface area contributed by atoms with Crippen molar-refractivity contribution in [1.82, 2.24) is 15.0 Å². The molecule has 0 aliphatic carbocycles. The van der Waals surface area contributed by atoms with Crippen LogP contribution in [0.25, 0.3) is 0 Å². The lowest BCUT2D eigenvalue weighted by Gasteiger charge is -2.10. The van der Waals surface area contributed by atoms with E-state index in [9.17, 15) is 0 Å². The third kappa shape index (κ3) is 3.99. The quantitative estimate of drug-likeness (QED) is 0.819. The zero-order valence-electron chi connectivity index (χ0n) is 11.6. The third-order valence-electron chi connectivity index (χ3n) is 2.30. The number of nitrogen functional groups attached to an aromatic ring is 1. The van der Waals surface area contributed by atoms with Gasteiger partial charge in [0.15, 0.2) is 0 Å². The van der Waals surface area contributed by atoms with Crippen molar-refractivity contribution in [1.29, 1.82) is 0 Å². The Morgan fingerprint density at radius 3 is 2.75 bits per heavy atom. The smallest absolute Gasteiger partial charge is 0.323 e. The Morgan fingerprint density at radius 1 is 1.25 bits per heavy atom. The van der Waals surface area contributed by atoms with Crippen molar-refractivity contribution in [2.75, 3.05) is 17.3 Å². The number of rotatable bonds is 5. The highest BCUT2D eigenvalue weighted by molar-refractivity contribution is 7.98. The lowest BCUT2D eigenvalue weighted by Crippen LogP contribution is -2.11. The molecule has 7 heteroatoms. The Morgan fingerprint density at radius 2 is 2.05 bits per heavy atom.